The molecule has 0 atom stereocenters. The summed E-state index contributed by atoms with van der Waals surface area (Å²) in [6.45, 7) is 3.23. The van der Waals surface area contributed by atoms with E-state index >= 15 is 0 Å². The number of ether oxygens (including phenoxy) is 3. The predicted octanol–water partition coefficient (Wildman–Crippen LogP) is 0.686. The van der Waals surface area contributed by atoms with Crippen molar-refractivity contribution < 1.29 is 14.2 Å². The zero-order chi connectivity index (χ0) is 8.16. The van der Waals surface area contributed by atoms with Gasteiger partial charge in [0.1, 0.15) is 0 Å². The van der Waals surface area contributed by atoms with E-state index in [1.807, 2.05) is 0 Å². The minimum atomic E-state index is 0.255. The minimum absolute atomic E-state index is 0.255. The molecule has 1 aliphatic heterocycles. The van der Waals surface area contributed by atoms with E-state index in [1.54, 1.807) is 14.2 Å². The SMILES string of the molecule is COCCC1(COC)COC1. The molecule has 3 nitrogen and oxygen atoms in total. The molecule has 0 N–H and O–H groups in total. The molecule has 0 aromatic carbocycles. The van der Waals surface area contributed by atoms with E-state index in [9.17, 15) is 0 Å². The summed E-state index contributed by atoms with van der Waals surface area (Å²) in [5.41, 5.74) is 0.255. The van der Waals surface area contributed by atoms with Gasteiger partial charge in [0.25, 0.3) is 0 Å². The topological polar surface area (TPSA) is 27.7 Å². The van der Waals surface area contributed by atoms with Crippen molar-refractivity contribution in [3.63, 3.8) is 0 Å². The number of methoxy groups -OCH3 is 2. The first kappa shape index (κ1) is 8.97. The van der Waals surface area contributed by atoms with Gasteiger partial charge in [0, 0.05) is 26.2 Å². The first-order valence-corrected chi connectivity index (χ1v) is 3.89. The highest BCUT2D eigenvalue weighted by molar-refractivity contribution is 4.85. The first-order chi connectivity index (χ1) is 5.33. The summed E-state index contributed by atoms with van der Waals surface area (Å²) in [4.78, 5) is 0. The molecule has 0 spiro atoms. The van der Waals surface area contributed by atoms with E-state index in [2.05, 4.69) is 0 Å². The van der Waals surface area contributed by atoms with Crippen molar-refractivity contribution in [3.8, 4) is 0 Å². The van der Waals surface area contributed by atoms with E-state index in [4.69, 9.17) is 14.2 Å². The molecular formula is C8H16O3. The summed E-state index contributed by atoms with van der Waals surface area (Å²) in [7, 11) is 3.45. The van der Waals surface area contributed by atoms with Crippen LogP contribution in [-0.2, 0) is 14.2 Å². The summed E-state index contributed by atoms with van der Waals surface area (Å²) < 4.78 is 15.3. The van der Waals surface area contributed by atoms with Gasteiger partial charge in [-0.1, -0.05) is 0 Å². The molecule has 66 valence electrons. The van der Waals surface area contributed by atoms with Gasteiger partial charge in [0.05, 0.1) is 19.8 Å². The van der Waals surface area contributed by atoms with Crippen molar-refractivity contribution in [1.29, 1.82) is 0 Å². The fourth-order valence-corrected chi connectivity index (χ4v) is 1.32. The highest BCUT2D eigenvalue weighted by Crippen LogP contribution is 2.31. The van der Waals surface area contributed by atoms with E-state index in [0.717, 1.165) is 32.8 Å². The molecule has 1 saturated heterocycles. The molecule has 0 aliphatic carbocycles. The molecule has 1 fully saturated rings. The lowest BCUT2D eigenvalue weighted by Crippen LogP contribution is -2.46. The summed E-state index contributed by atoms with van der Waals surface area (Å²) in [6, 6.07) is 0. The monoisotopic (exact) mass is 160 g/mol. The van der Waals surface area contributed by atoms with Crippen LogP contribution in [0.3, 0.4) is 0 Å². The lowest BCUT2D eigenvalue weighted by atomic mass is 9.84. The number of rotatable bonds is 5. The summed E-state index contributed by atoms with van der Waals surface area (Å²) >= 11 is 0. The Bertz CT molecular complexity index is 110. The van der Waals surface area contributed by atoms with Crippen LogP contribution in [0.25, 0.3) is 0 Å². The third-order valence-corrected chi connectivity index (χ3v) is 2.10. The summed E-state index contributed by atoms with van der Waals surface area (Å²) in [6.07, 6.45) is 1.04. The zero-order valence-electron chi connectivity index (χ0n) is 7.26. The Balaban J connectivity index is 2.22. The van der Waals surface area contributed by atoms with Crippen LogP contribution in [0.5, 0.6) is 0 Å². The molecule has 11 heavy (non-hydrogen) atoms. The Hall–Kier alpha value is -0.120. The molecule has 3 heteroatoms. The molecule has 1 aliphatic rings. The van der Waals surface area contributed by atoms with Crippen LogP contribution in [0.15, 0.2) is 0 Å². The van der Waals surface area contributed by atoms with Crippen molar-refractivity contribution in [2.45, 2.75) is 6.42 Å². The maximum atomic E-state index is 5.15. The Morgan fingerprint density at radius 3 is 2.36 bits per heavy atom. The van der Waals surface area contributed by atoms with Crippen LogP contribution in [-0.4, -0.2) is 40.6 Å². The molecule has 0 unspecified atom stereocenters. The van der Waals surface area contributed by atoms with Crippen molar-refractivity contribution in [2.24, 2.45) is 5.41 Å². The molecule has 0 amide bonds. The molecule has 0 aromatic rings. The first-order valence-electron chi connectivity index (χ1n) is 3.89. The second-order valence-electron chi connectivity index (χ2n) is 3.17. The van der Waals surface area contributed by atoms with Crippen LogP contribution >= 0.6 is 0 Å². The van der Waals surface area contributed by atoms with Crippen molar-refractivity contribution in [2.75, 3.05) is 40.6 Å². The number of hydrogen-bond donors (Lipinski definition) is 0. The van der Waals surface area contributed by atoms with Gasteiger partial charge in [-0.25, -0.2) is 0 Å². The molecule has 0 bridgehead atoms. The standard InChI is InChI=1S/C8H16O3/c1-9-4-3-8(5-10-2)6-11-7-8/h3-7H2,1-2H3. The van der Waals surface area contributed by atoms with E-state index < -0.39 is 0 Å². The average molecular weight is 160 g/mol. The van der Waals surface area contributed by atoms with Gasteiger partial charge in [0.2, 0.25) is 0 Å². The third-order valence-electron chi connectivity index (χ3n) is 2.10. The lowest BCUT2D eigenvalue weighted by molar-refractivity contribution is -0.152. The minimum Gasteiger partial charge on any atom is -0.385 e. The number of hydrogen-bond acceptors (Lipinski definition) is 3. The Kier molecular flexibility index (Phi) is 3.30. The van der Waals surface area contributed by atoms with Gasteiger partial charge in [-0.3, -0.25) is 0 Å². The van der Waals surface area contributed by atoms with Crippen molar-refractivity contribution in [3.05, 3.63) is 0 Å². The zero-order valence-corrected chi connectivity index (χ0v) is 7.26. The van der Waals surface area contributed by atoms with Gasteiger partial charge in [0.15, 0.2) is 0 Å². The highest BCUT2D eigenvalue weighted by atomic mass is 16.5. The fraction of sp³-hybridized carbons (Fsp3) is 1.00. The Morgan fingerprint density at radius 2 is 2.00 bits per heavy atom. The second kappa shape index (κ2) is 4.04. The van der Waals surface area contributed by atoms with Crippen LogP contribution < -0.4 is 0 Å². The van der Waals surface area contributed by atoms with Gasteiger partial charge >= 0.3 is 0 Å². The maximum Gasteiger partial charge on any atom is 0.0567 e. The molecule has 1 rings (SSSR count). The highest BCUT2D eigenvalue weighted by Gasteiger charge is 2.38. The van der Waals surface area contributed by atoms with E-state index in [0.29, 0.717) is 0 Å². The van der Waals surface area contributed by atoms with Gasteiger partial charge in [-0.15, -0.1) is 0 Å². The third kappa shape index (κ3) is 2.15. The Morgan fingerprint density at radius 1 is 1.27 bits per heavy atom. The van der Waals surface area contributed by atoms with Gasteiger partial charge < -0.3 is 14.2 Å². The van der Waals surface area contributed by atoms with Gasteiger partial charge in [-0.2, -0.15) is 0 Å². The van der Waals surface area contributed by atoms with E-state index in [1.165, 1.54) is 0 Å². The summed E-state index contributed by atoms with van der Waals surface area (Å²) in [5, 5.41) is 0. The summed E-state index contributed by atoms with van der Waals surface area (Å²) in [5.74, 6) is 0. The molecule has 0 aromatic heterocycles. The van der Waals surface area contributed by atoms with Gasteiger partial charge in [-0.05, 0) is 6.42 Å². The van der Waals surface area contributed by atoms with Crippen LogP contribution in [0, 0.1) is 5.41 Å². The molecular weight excluding hydrogens is 144 g/mol. The van der Waals surface area contributed by atoms with Crippen molar-refractivity contribution >= 4 is 0 Å². The normalized spacial score (nSPS) is 21.3. The van der Waals surface area contributed by atoms with Crippen LogP contribution in [0.1, 0.15) is 6.42 Å². The maximum absolute atomic E-state index is 5.15. The predicted molar refractivity (Wildman–Crippen MR) is 41.6 cm³/mol. The van der Waals surface area contributed by atoms with E-state index in [-0.39, 0.29) is 5.41 Å². The fourth-order valence-electron chi connectivity index (χ4n) is 1.32. The second-order valence-corrected chi connectivity index (χ2v) is 3.17. The molecule has 1 heterocycles. The van der Waals surface area contributed by atoms with Crippen molar-refractivity contribution in [1.82, 2.24) is 0 Å². The quantitative estimate of drug-likeness (QED) is 0.592. The smallest absolute Gasteiger partial charge is 0.0567 e. The van der Waals surface area contributed by atoms with Crippen LogP contribution in [0.4, 0.5) is 0 Å². The average Bonchev–Trinajstić information content (AvgIpc) is 1.95. The Labute approximate surface area is 67.6 Å². The van der Waals surface area contributed by atoms with Crippen LogP contribution in [0.2, 0.25) is 0 Å². The molecule has 0 saturated carbocycles. The molecule has 0 radical (unpaired) electrons. The lowest BCUT2D eigenvalue weighted by Gasteiger charge is -2.40. The largest absolute Gasteiger partial charge is 0.385 e.